The third-order valence-electron chi connectivity index (χ3n) is 11.3. The average molecular weight is 805 g/mol. The van der Waals surface area contributed by atoms with Crippen LogP contribution in [-0.2, 0) is 28.6 Å². The second kappa shape index (κ2) is 46.8. The number of unbranched alkanes of at least 4 members (excludes halogenated alkanes) is 33. The van der Waals surface area contributed by atoms with Gasteiger partial charge in [0.2, 0.25) is 0 Å². The second-order valence-electron chi connectivity index (χ2n) is 17.1. The molecule has 0 amide bonds. The van der Waals surface area contributed by atoms with E-state index in [1.165, 1.54) is 173 Å². The van der Waals surface area contributed by atoms with Crippen molar-refractivity contribution in [2.24, 2.45) is 0 Å². The summed E-state index contributed by atoms with van der Waals surface area (Å²) < 4.78 is 16.8. The van der Waals surface area contributed by atoms with Crippen LogP contribution < -0.4 is 0 Å². The molecule has 0 N–H and O–H groups in total. The Hall–Kier alpha value is -1.85. The van der Waals surface area contributed by atoms with Crippen LogP contribution in [0.5, 0.6) is 0 Å². The van der Waals surface area contributed by atoms with Crippen LogP contribution in [0.4, 0.5) is 0 Å². The van der Waals surface area contributed by atoms with Crippen molar-refractivity contribution in [1.29, 1.82) is 0 Å². The summed E-state index contributed by atoms with van der Waals surface area (Å²) in [5.74, 6) is -0.864. The van der Waals surface area contributed by atoms with Gasteiger partial charge in [0.25, 0.3) is 0 Å². The Bertz CT molecular complexity index is 885. The minimum atomic E-state index is -0.766. The summed E-state index contributed by atoms with van der Waals surface area (Å²) >= 11 is 0. The molecular formula is C51H96O6. The number of hydrogen-bond acceptors (Lipinski definition) is 6. The smallest absolute Gasteiger partial charge is 0.306 e. The Morgan fingerprint density at radius 3 is 0.877 bits per heavy atom. The maximum Gasteiger partial charge on any atom is 0.306 e. The van der Waals surface area contributed by atoms with Gasteiger partial charge in [-0.1, -0.05) is 226 Å². The molecule has 6 nitrogen and oxygen atoms in total. The van der Waals surface area contributed by atoms with Crippen molar-refractivity contribution in [2.45, 2.75) is 284 Å². The first-order valence-corrected chi connectivity index (χ1v) is 25.2. The first-order chi connectivity index (χ1) is 28.0. The van der Waals surface area contributed by atoms with Gasteiger partial charge in [-0.3, -0.25) is 14.4 Å². The third kappa shape index (κ3) is 45.1. The minimum absolute atomic E-state index is 0.0683. The van der Waals surface area contributed by atoms with Crippen molar-refractivity contribution >= 4 is 17.9 Å². The van der Waals surface area contributed by atoms with E-state index < -0.39 is 6.10 Å². The molecule has 0 rings (SSSR count). The van der Waals surface area contributed by atoms with Crippen LogP contribution in [-0.4, -0.2) is 37.2 Å². The Morgan fingerprint density at radius 2 is 0.579 bits per heavy atom. The molecule has 0 radical (unpaired) electrons. The fourth-order valence-corrected chi connectivity index (χ4v) is 7.44. The highest BCUT2D eigenvalue weighted by Crippen LogP contribution is 2.16. The van der Waals surface area contributed by atoms with Crippen molar-refractivity contribution in [3.8, 4) is 0 Å². The molecule has 0 bridgehead atoms. The molecule has 0 saturated carbocycles. The molecule has 0 aliphatic heterocycles. The lowest BCUT2D eigenvalue weighted by Crippen LogP contribution is -2.30. The lowest BCUT2D eigenvalue weighted by atomic mass is 10.0. The lowest BCUT2D eigenvalue weighted by Gasteiger charge is -2.18. The monoisotopic (exact) mass is 805 g/mol. The zero-order chi connectivity index (χ0) is 41.5. The maximum absolute atomic E-state index is 12.7. The average Bonchev–Trinajstić information content (AvgIpc) is 3.21. The summed E-state index contributed by atoms with van der Waals surface area (Å²) in [6.07, 6.45) is 50.5. The number of carbonyl (C=O) groups is 3. The number of esters is 3. The Morgan fingerprint density at radius 1 is 0.333 bits per heavy atom. The molecule has 0 aromatic rings. The van der Waals surface area contributed by atoms with E-state index in [2.05, 4.69) is 32.9 Å². The van der Waals surface area contributed by atoms with E-state index in [1.54, 1.807) is 0 Å². The highest BCUT2D eigenvalue weighted by atomic mass is 16.6. The summed E-state index contributed by atoms with van der Waals surface area (Å²) in [5, 5.41) is 0. The molecule has 0 aliphatic carbocycles. The predicted octanol–water partition coefficient (Wildman–Crippen LogP) is 16.2. The van der Waals surface area contributed by atoms with Gasteiger partial charge in [0.15, 0.2) is 6.10 Å². The second-order valence-corrected chi connectivity index (χ2v) is 17.1. The molecule has 0 aliphatic rings. The molecule has 0 spiro atoms. The molecule has 57 heavy (non-hydrogen) atoms. The van der Waals surface area contributed by atoms with Gasteiger partial charge >= 0.3 is 17.9 Å². The number of allylic oxidation sites excluding steroid dienone is 2. The van der Waals surface area contributed by atoms with E-state index in [0.717, 1.165) is 64.2 Å². The van der Waals surface area contributed by atoms with Gasteiger partial charge in [-0.15, -0.1) is 0 Å². The molecule has 6 heteroatoms. The van der Waals surface area contributed by atoms with Crippen LogP contribution in [0.1, 0.15) is 278 Å². The van der Waals surface area contributed by atoms with Crippen LogP contribution in [0.15, 0.2) is 12.2 Å². The lowest BCUT2D eigenvalue weighted by molar-refractivity contribution is -0.167. The number of carbonyl (C=O) groups excluding carboxylic acids is 3. The fourth-order valence-electron chi connectivity index (χ4n) is 7.44. The summed E-state index contributed by atoms with van der Waals surface area (Å²) in [6, 6.07) is 0. The molecular weight excluding hydrogens is 709 g/mol. The molecule has 0 saturated heterocycles. The van der Waals surface area contributed by atoms with E-state index >= 15 is 0 Å². The molecule has 0 aromatic carbocycles. The number of rotatable bonds is 46. The Kier molecular flexibility index (Phi) is 45.3. The summed E-state index contributed by atoms with van der Waals surface area (Å²) in [6.45, 7) is 6.64. The SMILES string of the molecule is CCCCCCC/C=C\CCCCCCCC(=O)OC(COC(=O)CCCCCCCCCCCC)COC(=O)CCCCCCCCCCCCCCCCC. The molecule has 1 atom stereocenters. The molecule has 0 aromatic heterocycles. The van der Waals surface area contributed by atoms with Gasteiger partial charge in [0.1, 0.15) is 13.2 Å². The van der Waals surface area contributed by atoms with Gasteiger partial charge in [0, 0.05) is 19.3 Å². The minimum Gasteiger partial charge on any atom is -0.462 e. The number of hydrogen-bond donors (Lipinski definition) is 0. The topological polar surface area (TPSA) is 78.9 Å². The summed E-state index contributed by atoms with van der Waals surface area (Å²) in [5.41, 5.74) is 0. The Labute approximate surface area is 354 Å². The zero-order valence-corrected chi connectivity index (χ0v) is 38.4. The van der Waals surface area contributed by atoms with Crippen LogP contribution in [0.25, 0.3) is 0 Å². The number of ether oxygens (including phenoxy) is 3. The quantitative estimate of drug-likeness (QED) is 0.0264. The van der Waals surface area contributed by atoms with Crippen molar-refractivity contribution in [3.05, 3.63) is 12.2 Å². The van der Waals surface area contributed by atoms with Gasteiger partial charge in [-0.25, -0.2) is 0 Å². The molecule has 0 heterocycles. The predicted molar refractivity (Wildman–Crippen MR) is 243 cm³/mol. The summed E-state index contributed by atoms with van der Waals surface area (Å²) in [4.78, 5) is 37.8. The highest BCUT2D eigenvalue weighted by Gasteiger charge is 2.19. The van der Waals surface area contributed by atoms with Crippen LogP contribution in [0, 0.1) is 0 Å². The van der Waals surface area contributed by atoms with Crippen LogP contribution >= 0.6 is 0 Å². The normalized spacial score (nSPS) is 12.0. The van der Waals surface area contributed by atoms with E-state index in [4.69, 9.17) is 14.2 Å². The first kappa shape index (κ1) is 55.2. The maximum atomic E-state index is 12.7. The van der Waals surface area contributed by atoms with Gasteiger partial charge in [-0.2, -0.15) is 0 Å². The van der Waals surface area contributed by atoms with Crippen molar-refractivity contribution in [3.63, 3.8) is 0 Å². The molecule has 0 fully saturated rings. The summed E-state index contributed by atoms with van der Waals surface area (Å²) in [7, 11) is 0. The largest absolute Gasteiger partial charge is 0.462 e. The third-order valence-corrected chi connectivity index (χ3v) is 11.3. The van der Waals surface area contributed by atoms with Crippen molar-refractivity contribution in [1.82, 2.24) is 0 Å². The highest BCUT2D eigenvalue weighted by molar-refractivity contribution is 5.71. The van der Waals surface area contributed by atoms with Crippen LogP contribution in [0.2, 0.25) is 0 Å². The fraction of sp³-hybridized carbons (Fsp3) is 0.902. The van der Waals surface area contributed by atoms with E-state index in [-0.39, 0.29) is 31.1 Å². The zero-order valence-electron chi connectivity index (χ0n) is 38.4. The van der Waals surface area contributed by atoms with Gasteiger partial charge in [0.05, 0.1) is 0 Å². The molecule has 336 valence electrons. The molecule has 1 unspecified atom stereocenters. The first-order valence-electron chi connectivity index (χ1n) is 25.2. The van der Waals surface area contributed by atoms with E-state index in [0.29, 0.717) is 19.3 Å². The van der Waals surface area contributed by atoms with Crippen LogP contribution in [0.3, 0.4) is 0 Å². The van der Waals surface area contributed by atoms with Crippen molar-refractivity contribution < 1.29 is 28.6 Å². The van der Waals surface area contributed by atoms with Gasteiger partial charge < -0.3 is 14.2 Å². The van der Waals surface area contributed by atoms with Crippen molar-refractivity contribution in [2.75, 3.05) is 13.2 Å². The standard InChI is InChI=1S/C51H96O6/c1-4-7-10-13-16-19-22-24-26-28-29-32-35-38-41-44-50(53)56-47-48(46-55-49(52)43-40-37-34-31-21-18-15-12-9-6-3)57-51(54)45-42-39-36-33-30-27-25-23-20-17-14-11-8-5-2/h23,25,48H,4-22,24,26-47H2,1-3H3/b25-23-. The Balaban J connectivity index is 4.32. The van der Waals surface area contributed by atoms with E-state index in [9.17, 15) is 14.4 Å². The van der Waals surface area contributed by atoms with Gasteiger partial charge in [-0.05, 0) is 44.9 Å². The van der Waals surface area contributed by atoms with E-state index in [1.807, 2.05) is 0 Å².